The Balaban J connectivity index is 1.35. The minimum Gasteiger partial charge on any atom is -0.487 e. The van der Waals surface area contributed by atoms with Gasteiger partial charge in [0.15, 0.2) is 0 Å². The van der Waals surface area contributed by atoms with Crippen LogP contribution in [0.2, 0.25) is 0 Å². The maximum absolute atomic E-state index is 14.6. The number of piperidine rings is 1. The summed E-state index contributed by atoms with van der Waals surface area (Å²) in [6, 6.07) is 15.1. The van der Waals surface area contributed by atoms with Crippen LogP contribution in [0.1, 0.15) is 30.4 Å². The number of carbonyl (C=O) groups excluding carboxylic acids is 1. The van der Waals surface area contributed by atoms with Gasteiger partial charge < -0.3 is 15.0 Å². The van der Waals surface area contributed by atoms with E-state index in [9.17, 15) is 18.4 Å². The monoisotopic (exact) mass is 468 g/mol. The van der Waals surface area contributed by atoms with Crippen molar-refractivity contribution >= 4 is 11.7 Å². The van der Waals surface area contributed by atoms with E-state index in [4.69, 9.17) is 4.74 Å². The second kappa shape index (κ2) is 10.1. The number of nitrogens with zero attached hydrogens (tertiary/aromatic N) is 2. The average molecular weight is 469 g/mol. The summed E-state index contributed by atoms with van der Waals surface area (Å²) < 4.78 is 34.9. The standard InChI is InChI=1S/C25H26F2N4O3/c1-17(31-12-11-25(26,27)21(15-31)19-7-10-23(32)29-13-19)24(33)30-22-9-8-20(14-28-22)34-16-18-5-3-2-4-6-18/h2-10,13-14,17,21H,11-12,15-16H2,1H3,(H,29,32)(H,28,30,33)/t17-,21+/m0/s1. The summed E-state index contributed by atoms with van der Waals surface area (Å²) in [5.74, 6) is -3.47. The zero-order chi connectivity index (χ0) is 24.1. The van der Waals surface area contributed by atoms with E-state index in [1.807, 2.05) is 30.3 Å². The Hall–Kier alpha value is -3.59. The number of alkyl halides is 2. The highest BCUT2D eigenvalue weighted by Gasteiger charge is 2.46. The fraction of sp³-hybridized carbons (Fsp3) is 0.320. The second-order valence-corrected chi connectivity index (χ2v) is 8.36. The average Bonchev–Trinajstić information content (AvgIpc) is 2.84. The lowest BCUT2D eigenvalue weighted by Crippen LogP contribution is -2.52. The van der Waals surface area contributed by atoms with Gasteiger partial charge in [0.1, 0.15) is 18.2 Å². The molecule has 4 rings (SSSR count). The smallest absolute Gasteiger partial charge is 0.257 e. The molecule has 1 aromatic carbocycles. The van der Waals surface area contributed by atoms with Crippen LogP contribution in [-0.2, 0) is 11.4 Å². The van der Waals surface area contributed by atoms with Crippen molar-refractivity contribution in [3.8, 4) is 5.75 Å². The van der Waals surface area contributed by atoms with Crippen LogP contribution >= 0.6 is 0 Å². The summed E-state index contributed by atoms with van der Waals surface area (Å²) in [6.07, 6.45) is 2.47. The molecule has 1 saturated heterocycles. The van der Waals surface area contributed by atoms with Crippen LogP contribution in [0.15, 0.2) is 71.8 Å². The highest BCUT2D eigenvalue weighted by Crippen LogP contribution is 2.40. The quantitative estimate of drug-likeness (QED) is 0.551. The lowest BCUT2D eigenvalue weighted by molar-refractivity contribution is -0.125. The van der Waals surface area contributed by atoms with E-state index in [1.165, 1.54) is 24.5 Å². The maximum atomic E-state index is 14.6. The molecule has 1 amide bonds. The van der Waals surface area contributed by atoms with Gasteiger partial charge in [-0.15, -0.1) is 0 Å². The van der Waals surface area contributed by atoms with Crippen LogP contribution in [0.5, 0.6) is 5.75 Å². The van der Waals surface area contributed by atoms with Crippen molar-refractivity contribution in [2.45, 2.75) is 37.8 Å². The van der Waals surface area contributed by atoms with Crippen molar-refractivity contribution in [3.63, 3.8) is 0 Å². The molecule has 34 heavy (non-hydrogen) atoms. The van der Waals surface area contributed by atoms with Crippen LogP contribution in [-0.4, -0.2) is 45.8 Å². The Kier molecular flexibility index (Phi) is 7.02. The number of ether oxygens (including phenoxy) is 1. The van der Waals surface area contributed by atoms with Crippen LogP contribution < -0.4 is 15.6 Å². The molecule has 2 N–H and O–H groups in total. The molecule has 1 fully saturated rings. The number of nitrogens with one attached hydrogen (secondary N) is 2. The molecule has 2 aromatic heterocycles. The molecule has 3 aromatic rings. The summed E-state index contributed by atoms with van der Waals surface area (Å²) in [6.45, 7) is 2.16. The Morgan fingerprint density at radius 3 is 2.71 bits per heavy atom. The molecular weight excluding hydrogens is 442 g/mol. The number of anilines is 1. The van der Waals surface area contributed by atoms with E-state index in [2.05, 4.69) is 15.3 Å². The van der Waals surface area contributed by atoms with Crippen molar-refractivity contribution in [2.75, 3.05) is 18.4 Å². The molecule has 0 bridgehead atoms. The van der Waals surface area contributed by atoms with Crippen LogP contribution in [0.4, 0.5) is 14.6 Å². The molecular formula is C25H26F2N4O3. The molecule has 2 atom stereocenters. The lowest BCUT2D eigenvalue weighted by Gasteiger charge is -2.40. The molecule has 0 unspecified atom stereocenters. The van der Waals surface area contributed by atoms with E-state index < -0.39 is 17.9 Å². The topological polar surface area (TPSA) is 87.3 Å². The highest BCUT2D eigenvalue weighted by atomic mass is 19.3. The fourth-order valence-corrected chi connectivity index (χ4v) is 3.94. The van der Waals surface area contributed by atoms with Gasteiger partial charge >= 0.3 is 0 Å². The second-order valence-electron chi connectivity index (χ2n) is 8.36. The molecule has 1 aliphatic heterocycles. The number of carbonyl (C=O) groups is 1. The lowest BCUT2D eigenvalue weighted by atomic mass is 9.87. The number of aromatic amines is 1. The third kappa shape index (κ3) is 5.66. The normalized spacial score (nSPS) is 18.7. The number of hydrogen-bond acceptors (Lipinski definition) is 5. The molecule has 0 aliphatic carbocycles. The van der Waals surface area contributed by atoms with Crippen molar-refractivity contribution in [1.29, 1.82) is 0 Å². The number of rotatable bonds is 7. The third-order valence-electron chi connectivity index (χ3n) is 6.03. The molecule has 0 radical (unpaired) electrons. The van der Waals surface area contributed by atoms with Crippen molar-refractivity contribution in [1.82, 2.24) is 14.9 Å². The van der Waals surface area contributed by atoms with E-state index in [0.29, 0.717) is 23.7 Å². The zero-order valence-corrected chi connectivity index (χ0v) is 18.7. The van der Waals surface area contributed by atoms with E-state index >= 15 is 0 Å². The minimum atomic E-state index is -2.93. The number of pyridine rings is 2. The van der Waals surface area contributed by atoms with Crippen LogP contribution in [0.25, 0.3) is 0 Å². The first-order chi connectivity index (χ1) is 16.3. The van der Waals surface area contributed by atoms with Gasteiger partial charge in [-0.2, -0.15) is 0 Å². The minimum absolute atomic E-state index is 0.00662. The van der Waals surface area contributed by atoms with Crippen molar-refractivity contribution in [3.05, 3.63) is 88.5 Å². The first-order valence-electron chi connectivity index (χ1n) is 11.1. The zero-order valence-electron chi connectivity index (χ0n) is 18.7. The van der Waals surface area contributed by atoms with Gasteiger partial charge in [0.25, 0.3) is 5.92 Å². The molecule has 0 saturated carbocycles. The molecule has 0 spiro atoms. The number of amides is 1. The Morgan fingerprint density at radius 2 is 2.03 bits per heavy atom. The predicted octanol–water partition coefficient (Wildman–Crippen LogP) is 3.80. The van der Waals surface area contributed by atoms with Crippen LogP contribution in [0.3, 0.4) is 0 Å². The third-order valence-corrected chi connectivity index (χ3v) is 6.03. The van der Waals surface area contributed by atoms with Gasteiger partial charge in [-0.05, 0) is 30.2 Å². The van der Waals surface area contributed by atoms with E-state index in [-0.39, 0.29) is 31.0 Å². The van der Waals surface area contributed by atoms with Gasteiger partial charge in [-0.25, -0.2) is 13.8 Å². The molecule has 1 aliphatic rings. The largest absolute Gasteiger partial charge is 0.487 e. The summed E-state index contributed by atoms with van der Waals surface area (Å²) in [4.78, 5) is 32.5. The van der Waals surface area contributed by atoms with E-state index in [1.54, 1.807) is 24.0 Å². The van der Waals surface area contributed by atoms with Gasteiger partial charge in [-0.3, -0.25) is 14.5 Å². The number of likely N-dealkylation sites (tertiary alicyclic amines) is 1. The van der Waals surface area contributed by atoms with E-state index in [0.717, 1.165) is 5.56 Å². The van der Waals surface area contributed by atoms with Crippen molar-refractivity contribution in [2.24, 2.45) is 0 Å². The Morgan fingerprint density at radius 1 is 1.24 bits per heavy atom. The van der Waals surface area contributed by atoms with Gasteiger partial charge in [-0.1, -0.05) is 36.4 Å². The number of benzene rings is 1. The molecule has 178 valence electrons. The van der Waals surface area contributed by atoms with Crippen molar-refractivity contribution < 1.29 is 18.3 Å². The predicted molar refractivity (Wildman–Crippen MR) is 124 cm³/mol. The Bertz CT molecular complexity index is 1150. The maximum Gasteiger partial charge on any atom is 0.257 e. The SMILES string of the molecule is C[C@@H](C(=O)Nc1ccc(OCc2ccccc2)cn1)N1CCC(F)(F)[C@@H](c2ccc(=O)[nH]c2)C1. The summed E-state index contributed by atoms with van der Waals surface area (Å²) in [5.41, 5.74) is 1.02. The summed E-state index contributed by atoms with van der Waals surface area (Å²) in [7, 11) is 0. The Labute approximate surface area is 195 Å². The fourth-order valence-electron chi connectivity index (χ4n) is 3.94. The first kappa shape index (κ1) is 23.6. The summed E-state index contributed by atoms with van der Waals surface area (Å²) in [5, 5.41) is 2.74. The molecule has 7 nitrogen and oxygen atoms in total. The summed E-state index contributed by atoms with van der Waals surface area (Å²) >= 11 is 0. The molecule has 9 heteroatoms. The number of hydrogen-bond donors (Lipinski definition) is 2. The number of aromatic nitrogens is 2. The van der Waals surface area contributed by atoms with Gasteiger partial charge in [0.05, 0.1) is 18.2 Å². The first-order valence-corrected chi connectivity index (χ1v) is 11.1. The number of halogens is 2. The highest BCUT2D eigenvalue weighted by molar-refractivity contribution is 5.93. The number of H-pyrrole nitrogens is 1. The van der Waals surface area contributed by atoms with Gasteiger partial charge in [0.2, 0.25) is 11.5 Å². The molecule has 3 heterocycles. The van der Waals surface area contributed by atoms with Crippen LogP contribution in [0, 0.1) is 0 Å². The van der Waals surface area contributed by atoms with Gasteiger partial charge in [0, 0.05) is 31.8 Å².